The van der Waals surface area contributed by atoms with E-state index in [1.807, 2.05) is 42.2 Å². The second-order valence-electron chi connectivity index (χ2n) is 7.87. The lowest BCUT2D eigenvalue weighted by atomic mass is 9.91. The van der Waals surface area contributed by atoms with Crippen LogP contribution >= 0.6 is 0 Å². The molecule has 0 aliphatic heterocycles. The van der Waals surface area contributed by atoms with Crippen molar-refractivity contribution in [3.63, 3.8) is 0 Å². The predicted octanol–water partition coefficient (Wildman–Crippen LogP) is 4.17. The van der Waals surface area contributed by atoms with Gasteiger partial charge in [-0.1, -0.05) is 25.5 Å². The second-order valence-corrected chi connectivity index (χ2v) is 7.87. The highest BCUT2D eigenvalue weighted by atomic mass is 16.5. The van der Waals surface area contributed by atoms with Crippen LogP contribution in [0.25, 0.3) is 0 Å². The molecule has 5 heteroatoms. The molecule has 0 bridgehead atoms. The molecule has 1 aliphatic carbocycles. The number of ether oxygens (including phenoxy) is 1. The molecule has 1 aromatic heterocycles. The molecule has 3 rings (SSSR count). The van der Waals surface area contributed by atoms with E-state index in [0.29, 0.717) is 12.6 Å². The third-order valence-electron chi connectivity index (χ3n) is 5.54. The second kappa shape index (κ2) is 10.4. The van der Waals surface area contributed by atoms with Crippen LogP contribution < -0.4 is 10.1 Å². The van der Waals surface area contributed by atoms with Gasteiger partial charge in [-0.15, -0.1) is 0 Å². The van der Waals surface area contributed by atoms with Crippen molar-refractivity contribution >= 4 is 5.78 Å². The summed E-state index contributed by atoms with van der Waals surface area (Å²) in [6.07, 6.45) is 11.2. The maximum atomic E-state index is 13.0. The molecule has 1 aromatic carbocycles. The SMILES string of the molecule is CCCOc1cccc(C(=O)C2CCCC(NCCc3cnn(C)c3)CC2)c1. The number of aryl methyl sites for hydroxylation is 1. The molecule has 0 spiro atoms. The number of benzene rings is 1. The first-order valence-electron chi connectivity index (χ1n) is 10.6. The van der Waals surface area contributed by atoms with E-state index < -0.39 is 0 Å². The van der Waals surface area contributed by atoms with Crippen molar-refractivity contribution in [3.05, 3.63) is 47.8 Å². The molecule has 1 fully saturated rings. The number of carbonyl (C=O) groups is 1. The van der Waals surface area contributed by atoms with Crippen LogP contribution in [0.15, 0.2) is 36.7 Å². The topological polar surface area (TPSA) is 56.1 Å². The van der Waals surface area contributed by atoms with Gasteiger partial charge in [0.25, 0.3) is 0 Å². The lowest BCUT2D eigenvalue weighted by molar-refractivity contribution is 0.0907. The van der Waals surface area contributed by atoms with Gasteiger partial charge in [-0.2, -0.15) is 5.10 Å². The maximum Gasteiger partial charge on any atom is 0.166 e. The van der Waals surface area contributed by atoms with E-state index in [9.17, 15) is 4.79 Å². The molecular formula is C23H33N3O2. The Hall–Kier alpha value is -2.14. The Morgan fingerprint density at radius 3 is 2.96 bits per heavy atom. The minimum absolute atomic E-state index is 0.131. The third-order valence-corrected chi connectivity index (χ3v) is 5.54. The molecule has 2 atom stereocenters. The van der Waals surface area contributed by atoms with Gasteiger partial charge >= 0.3 is 0 Å². The van der Waals surface area contributed by atoms with Crippen molar-refractivity contribution < 1.29 is 9.53 Å². The van der Waals surface area contributed by atoms with Crippen molar-refractivity contribution in [2.24, 2.45) is 13.0 Å². The monoisotopic (exact) mass is 383 g/mol. The average Bonchev–Trinajstić information content (AvgIpc) is 2.98. The van der Waals surface area contributed by atoms with E-state index in [1.54, 1.807) is 0 Å². The normalized spacial score (nSPS) is 19.9. The summed E-state index contributed by atoms with van der Waals surface area (Å²) in [6.45, 7) is 3.74. The van der Waals surface area contributed by atoms with E-state index in [2.05, 4.69) is 23.5 Å². The van der Waals surface area contributed by atoms with Gasteiger partial charge in [0.1, 0.15) is 5.75 Å². The molecule has 0 saturated heterocycles. The summed E-state index contributed by atoms with van der Waals surface area (Å²) < 4.78 is 7.54. The zero-order chi connectivity index (χ0) is 19.8. The molecule has 0 radical (unpaired) electrons. The minimum atomic E-state index is 0.131. The summed E-state index contributed by atoms with van der Waals surface area (Å²) >= 11 is 0. The first-order valence-corrected chi connectivity index (χ1v) is 10.6. The Balaban J connectivity index is 1.48. The molecule has 1 N–H and O–H groups in total. The van der Waals surface area contributed by atoms with Gasteiger partial charge in [-0.3, -0.25) is 9.48 Å². The Bertz CT molecular complexity index is 756. The van der Waals surface area contributed by atoms with Crippen LogP contribution in [0.2, 0.25) is 0 Å². The molecule has 1 saturated carbocycles. The standard InChI is InChI=1S/C23H33N3O2/c1-3-14-28-22-9-5-7-20(15-22)23(27)19-6-4-8-21(11-10-19)24-13-12-18-16-25-26(2)17-18/h5,7,9,15-17,19,21,24H,3-4,6,8,10-14H2,1-2H3. The largest absolute Gasteiger partial charge is 0.494 e. The van der Waals surface area contributed by atoms with Gasteiger partial charge < -0.3 is 10.1 Å². The van der Waals surface area contributed by atoms with E-state index in [1.165, 1.54) is 5.56 Å². The Morgan fingerprint density at radius 2 is 2.18 bits per heavy atom. The fourth-order valence-electron chi connectivity index (χ4n) is 3.98. The predicted molar refractivity (Wildman–Crippen MR) is 112 cm³/mol. The number of nitrogens with one attached hydrogen (secondary N) is 1. The van der Waals surface area contributed by atoms with Gasteiger partial charge in [-0.25, -0.2) is 0 Å². The zero-order valence-electron chi connectivity index (χ0n) is 17.2. The average molecular weight is 384 g/mol. The molecule has 0 amide bonds. The summed E-state index contributed by atoms with van der Waals surface area (Å²) in [7, 11) is 1.95. The van der Waals surface area contributed by atoms with Gasteiger partial charge in [0, 0.05) is 30.8 Å². The smallest absolute Gasteiger partial charge is 0.166 e. The number of rotatable bonds is 9. The molecule has 2 unspecified atom stereocenters. The van der Waals surface area contributed by atoms with Crippen LogP contribution in [0.3, 0.4) is 0 Å². The van der Waals surface area contributed by atoms with Crippen LogP contribution in [0.4, 0.5) is 0 Å². The molecule has 28 heavy (non-hydrogen) atoms. The molecule has 2 aromatic rings. The van der Waals surface area contributed by atoms with Gasteiger partial charge in [0.15, 0.2) is 5.78 Å². The summed E-state index contributed by atoms with van der Waals surface area (Å²) in [6, 6.07) is 8.20. The lowest BCUT2D eigenvalue weighted by Gasteiger charge is -2.16. The number of hydrogen-bond acceptors (Lipinski definition) is 4. The number of Topliss-reactive ketones (excluding diaryl/α,β-unsaturated/α-hetero) is 1. The first-order chi connectivity index (χ1) is 13.7. The van der Waals surface area contributed by atoms with Crippen molar-refractivity contribution in [3.8, 4) is 5.75 Å². The Morgan fingerprint density at radius 1 is 1.29 bits per heavy atom. The van der Waals surface area contributed by atoms with Crippen LogP contribution in [-0.4, -0.2) is 34.8 Å². The van der Waals surface area contributed by atoms with Crippen molar-refractivity contribution in [2.75, 3.05) is 13.2 Å². The Kier molecular flexibility index (Phi) is 7.66. The zero-order valence-corrected chi connectivity index (χ0v) is 17.2. The molecule has 1 heterocycles. The van der Waals surface area contributed by atoms with Crippen LogP contribution in [0, 0.1) is 5.92 Å². The number of aromatic nitrogens is 2. The fourth-order valence-corrected chi connectivity index (χ4v) is 3.98. The van der Waals surface area contributed by atoms with Gasteiger partial charge in [0.05, 0.1) is 12.8 Å². The molecule has 1 aliphatic rings. The third kappa shape index (κ3) is 5.93. The molecular weight excluding hydrogens is 350 g/mol. The highest BCUT2D eigenvalue weighted by Crippen LogP contribution is 2.27. The van der Waals surface area contributed by atoms with Crippen LogP contribution in [-0.2, 0) is 13.5 Å². The first kappa shape index (κ1) is 20.6. The van der Waals surface area contributed by atoms with Crippen molar-refractivity contribution in [1.82, 2.24) is 15.1 Å². The maximum absolute atomic E-state index is 13.0. The number of carbonyl (C=O) groups excluding carboxylic acids is 1. The summed E-state index contributed by atoms with van der Waals surface area (Å²) in [4.78, 5) is 13.0. The van der Waals surface area contributed by atoms with Crippen LogP contribution in [0.5, 0.6) is 5.75 Å². The van der Waals surface area contributed by atoms with E-state index >= 15 is 0 Å². The number of ketones is 1. The summed E-state index contributed by atoms with van der Waals surface area (Å²) in [5.74, 6) is 1.21. The van der Waals surface area contributed by atoms with Crippen molar-refractivity contribution in [1.29, 1.82) is 0 Å². The fraction of sp³-hybridized carbons (Fsp3) is 0.565. The highest BCUT2D eigenvalue weighted by molar-refractivity contribution is 5.98. The van der Waals surface area contributed by atoms with Gasteiger partial charge in [-0.05, 0) is 62.8 Å². The summed E-state index contributed by atoms with van der Waals surface area (Å²) in [5.41, 5.74) is 2.06. The van der Waals surface area contributed by atoms with E-state index in [0.717, 1.165) is 62.8 Å². The summed E-state index contributed by atoms with van der Waals surface area (Å²) in [5, 5.41) is 7.90. The van der Waals surface area contributed by atoms with Crippen molar-refractivity contribution in [2.45, 2.75) is 57.9 Å². The number of nitrogens with zero attached hydrogens (tertiary/aromatic N) is 2. The number of hydrogen-bond donors (Lipinski definition) is 1. The Labute approximate surface area is 168 Å². The molecule has 152 valence electrons. The highest BCUT2D eigenvalue weighted by Gasteiger charge is 2.25. The van der Waals surface area contributed by atoms with Gasteiger partial charge in [0.2, 0.25) is 0 Å². The van der Waals surface area contributed by atoms with E-state index in [-0.39, 0.29) is 11.7 Å². The molecule has 5 nitrogen and oxygen atoms in total. The minimum Gasteiger partial charge on any atom is -0.494 e. The van der Waals surface area contributed by atoms with Crippen LogP contribution in [0.1, 0.15) is 61.4 Å². The lowest BCUT2D eigenvalue weighted by Crippen LogP contribution is -2.30. The quantitative estimate of drug-likeness (QED) is 0.521. The van der Waals surface area contributed by atoms with E-state index in [4.69, 9.17) is 4.74 Å².